The third kappa shape index (κ3) is 3.79. The second-order valence-corrected chi connectivity index (χ2v) is 4.13. The van der Waals surface area contributed by atoms with Crippen LogP contribution >= 0.6 is 0 Å². The number of amides is 1. The quantitative estimate of drug-likeness (QED) is 0.881. The number of nitrogens with zero attached hydrogens (tertiary/aromatic N) is 1. The molecule has 0 unspecified atom stereocenters. The molecule has 0 radical (unpaired) electrons. The molecule has 1 amide bonds. The van der Waals surface area contributed by atoms with E-state index in [1.54, 1.807) is 24.3 Å². The average molecular weight is 286 g/mol. The van der Waals surface area contributed by atoms with E-state index in [9.17, 15) is 9.59 Å². The molecule has 0 bridgehead atoms. The number of nitrogens with one attached hydrogen (secondary N) is 1. The van der Waals surface area contributed by atoms with E-state index in [1.807, 2.05) is 6.92 Å². The third-order valence-corrected chi connectivity index (χ3v) is 2.60. The monoisotopic (exact) mass is 286 g/mol. The van der Waals surface area contributed by atoms with Gasteiger partial charge < -0.3 is 15.2 Å². The molecule has 0 fully saturated rings. The van der Waals surface area contributed by atoms with Crippen molar-refractivity contribution < 1.29 is 19.4 Å². The number of hydrogen-bond donors (Lipinski definition) is 2. The van der Waals surface area contributed by atoms with Gasteiger partial charge in [0, 0.05) is 11.8 Å². The van der Waals surface area contributed by atoms with Gasteiger partial charge in [-0.2, -0.15) is 0 Å². The second kappa shape index (κ2) is 6.51. The molecule has 0 saturated carbocycles. The smallest absolute Gasteiger partial charge is 0.354 e. The minimum absolute atomic E-state index is 0.0386. The Hall–Kier alpha value is -2.89. The predicted molar refractivity (Wildman–Crippen MR) is 76.8 cm³/mol. The Labute approximate surface area is 121 Å². The Kier molecular flexibility index (Phi) is 4.50. The van der Waals surface area contributed by atoms with Gasteiger partial charge in [-0.25, -0.2) is 9.78 Å². The van der Waals surface area contributed by atoms with Crippen LogP contribution in [0.2, 0.25) is 0 Å². The number of aromatic carboxylic acids is 1. The summed E-state index contributed by atoms with van der Waals surface area (Å²) >= 11 is 0. The number of hydrogen-bond acceptors (Lipinski definition) is 4. The first-order valence-corrected chi connectivity index (χ1v) is 6.34. The van der Waals surface area contributed by atoms with Gasteiger partial charge >= 0.3 is 5.97 Å². The molecule has 2 N–H and O–H groups in total. The molecule has 0 spiro atoms. The molecule has 0 atom stereocenters. The number of carbonyl (C=O) groups excluding carboxylic acids is 1. The fourth-order valence-electron chi connectivity index (χ4n) is 1.71. The highest BCUT2D eigenvalue weighted by Gasteiger charge is 2.11. The van der Waals surface area contributed by atoms with Crippen LogP contribution in [0.25, 0.3) is 0 Å². The highest BCUT2D eigenvalue weighted by Crippen LogP contribution is 2.17. The summed E-state index contributed by atoms with van der Waals surface area (Å²) in [4.78, 5) is 26.7. The van der Waals surface area contributed by atoms with Gasteiger partial charge in [0.1, 0.15) is 17.1 Å². The molecular weight excluding hydrogens is 272 g/mol. The van der Waals surface area contributed by atoms with Crippen molar-refractivity contribution in [3.8, 4) is 5.75 Å². The number of benzene rings is 1. The standard InChI is InChI=1S/C15H14N2O4/c1-2-21-11-6-3-5-10(9-11)16-14(18)12-7-4-8-13(17-12)15(19)20/h3-9H,2H2,1H3,(H,16,18)(H,19,20). The van der Waals surface area contributed by atoms with Crippen LogP contribution in [0.5, 0.6) is 5.75 Å². The predicted octanol–water partition coefficient (Wildman–Crippen LogP) is 2.43. The van der Waals surface area contributed by atoms with Crippen molar-refractivity contribution in [2.24, 2.45) is 0 Å². The fourth-order valence-corrected chi connectivity index (χ4v) is 1.71. The van der Waals surface area contributed by atoms with E-state index in [0.717, 1.165) is 0 Å². The van der Waals surface area contributed by atoms with Gasteiger partial charge in [-0.15, -0.1) is 0 Å². The zero-order valence-electron chi connectivity index (χ0n) is 11.4. The average Bonchev–Trinajstić information content (AvgIpc) is 2.48. The Morgan fingerprint density at radius 1 is 1.19 bits per heavy atom. The summed E-state index contributed by atoms with van der Waals surface area (Å²) in [5.41, 5.74) is 0.413. The summed E-state index contributed by atoms with van der Waals surface area (Å²) in [5.74, 6) is -1.02. The second-order valence-electron chi connectivity index (χ2n) is 4.13. The van der Waals surface area contributed by atoms with Crippen LogP contribution in [0.4, 0.5) is 5.69 Å². The Bertz CT molecular complexity index is 670. The number of ether oxygens (including phenoxy) is 1. The fraction of sp³-hybridized carbons (Fsp3) is 0.133. The molecule has 6 nitrogen and oxygen atoms in total. The molecular formula is C15H14N2O4. The molecule has 2 aromatic rings. The topological polar surface area (TPSA) is 88.5 Å². The summed E-state index contributed by atoms with van der Waals surface area (Å²) < 4.78 is 5.34. The van der Waals surface area contributed by atoms with Crippen LogP contribution in [-0.2, 0) is 0 Å². The zero-order chi connectivity index (χ0) is 15.2. The number of carbonyl (C=O) groups is 2. The molecule has 1 aromatic carbocycles. The maximum absolute atomic E-state index is 12.1. The normalized spacial score (nSPS) is 9.95. The van der Waals surface area contributed by atoms with Crippen molar-refractivity contribution in [2.75, 3.05) is 11.9 Å². The molecule has 1 heterocycles. The van der Waals surface area contributed by atoms with Crippen molar-refractivity contribution in [2.45, 2.75) is 6.92 Å². The molecule has 0 aliphatic rings. The number of pyridine rings is 1. The lowest BCUT2D eigenvalue weighted by Crippen LogP contribution is -2.15. The van der Waals surface area contributed by atoms with Gasteiger partial charge in [0.25, 0.3) is 5.91 Å². The number of aromatic nitrogens is 1. The van der Waals surface area contributed by atoms with Gasteiger partial charge in [0.15, 0.2) is 0 Å². The number of rotatable bonds is 5. The van der Waals surface area contributed by atoms with Crippen LogP contribution in [0, 0.1) is 0 Å². The number of carboxylic acids is 1. The summed E-state index contributed by atoms with van der Waals surface area (Å²) in [6, 6.07) is 11.2. The molecule has 2 rings (SSSR count). The Balaban J connectivity index is 2.16. The van der Waals surface area contributed by atoms with Gasteiger partial charge in [0.2, 0.25) is 0 Å². The largest absolute Gasteiger partial charge is 0.494 e. The molecule has 1 aromatic heterocycles. The Morgan fingerprint density at radius 3 is 2.62 bits per heavy atom. The van der Waals surface area contributed by atoms with E-state index in [1.165, 1.54) is 18.2 Å². The first kappa shape index (κ1) is 14.5. The van der Waals surface area contributed by atoms with Crippen molar-refractivity contribution in [1.82, 2.24) is 4.98 Å². The van der Waals surface area contributed by atoms with E-state index in [4.69, 9.17) is 9.84 Å². The Morgan fingerprint density at radius 2 is 1.90 bits per heavy atom. The molecule has 108 valence electrons. The highest BCUT2D eigenvalue weighted by molar-refractivity contribution is 6.03. The van der Waals surface area contributed by atoms with E-state index in [2.05, 4.69) is 10.3 Å². The summed E-state index contributed by atoms with van der Waals surface area (Å²) in [7, 11) is 0. The van der Waals surface area contributed by atoms with Crippen molar-refractivity contribution in [3.63, 3.8) is 0 Å². The van der Waals surface area contributed by atoms with Gasteiger partial charge in [-0.1, -0.05) is 12.1 Å². The summed E-state index contributed by atoms with van der Waals surface area (Å²) in [6.07, 6.45) is 0. The zero-order valence-corrected chi connectivity index (χ0v) is 11.4. The molecule has 0 aliphatic heterocycles. The van der Waals surface area contributed by atoms with Crippen LogP contribution in [0.1, 0.15) is 27.9 Å². The van der Waals surface area contributed by atoms with E-state index < -0.39 is 11.9 Å². The number of carboxylic acid groups (broad SMARTS) is 1. The lowest BCUT2D eigenvalue weighted by Gasteiger charge is -2.08. The SMILES string of the molecule is CCOc1cccc(NC(=O)c2cccc(C(=O)O)n2)c1. The maximum atomic E-state index is 12.1. The minimum atomic E-state index is -1.18. The summed E-state index contributed by atoms with van der Waals surface area (Å²) in [5, 5.41) is 11.5. The highest BCUT2D eigenvalue weighted by atomic mass is 16.5. The molecule has 0 saturated heterocycles. The van der Waals surface area contributed by atoms with E-state index >= 15 is 0 Å². The number of anilines is 1. The van der Waals surface area contributed by atoms with Gasteiger partial charge in [-0.3, -0.25) is 4.79 Å². The summed E-state index contributed by atoms with van der Waals surface area (Å²) in [6.45, 7) is 2.40. The van der Waals surface area contributed by atoms with Crippen molar-refractivity contribution in [1.29, 1.82) is 0 Å². The van der Waals surface area contributed by atoms with Crippen molar-refractivity contribution >= 4 is 17.6 Å². The molecule has 0 aliphatic carbocycles. The minimum Gasteiger partial charge on any atom is -0.494 e. The van der Waals surface area contributed by atoms with Crippen molar-refractivity contribution in [3.05, 3.63) is 53.9 Å². The third-order valence-electron chi connectivity index (χ3n) is 2.60. The van der Waals surface area contributed by atoms with Crippen LogP contribution in [-0.4, -0.2) is 28.6 Å². The lowest BCUT2D eigenvalue weighted by molar-refractivity contribution is 0.0690. The van der Waals surface area contributed by atoms with Crippen LogP contribution in [0.15, 0.2) is 42.5 Å². The van der Waals surface area contributed by atoms with Crippen LogP contribution in [0.3, 0.4) is 0 Å². The lowest BCUT2D eigenvalue weighted by atomic mass is 10.2. The van der Waals surface area contributed by atoms with Gasteiger partial charge in [-0.05, 0) is 31.2 Å². The molecule has 21 heavy (non-hydrogen) atoms. The first-order valence-electron chi connectivity index (χ1n) is 6.34. The van der Waals surface area contributed by atoms with E-state index in [-0.39, 0.29) is 11.4 Å². The first-order chi connectivity index (χ1) is 10.1. The maximum Gasteiger partial charge on any atom is 0.354 e. The van der Waals surface area contributed by atoms with Crippen LogP contribution < -0.4 is 10.1 Å². The van der Waals surface area contributed by atoms with E-state index in [0.29, 0.717) is 18.0 Å². The van der Waals surface area contributed by atoms with Gasteiger partial charge in [0.05, 0.1) is 6.61 Å². The molecule has 6 heteroatoms.